The van der Waals surface area contributed by atoms with E-state index in [1.807, 2.05) is 6.92 Å². The standard InChI is InChI=1S/C21H18N4O4S/c1-13-7-9-16(10-8-13)30(28,29)25-18-6-4-3-5-15(18)11-19(25)20(27)17-12-23-24(14(2)26)21(17)22/h3-12H,22H2,1-2H3. The van der Waals surface area contributed by atoms with Crippen molar-refractivity contribution < 1.29 is 18.0 Å². The zero-order valence-corrected chi connectivity index (χ0v) is 17.1. The number of nitrogens with zero attached hydrogens (tertiary/aromatic N) is 3. The Morgan fingerprint density at radius 3 is 2.33 bits per heavy atom. The maximum Gasteiger partial charge on any atom is 0.268 e. The van der Waals surface area contributed by atoms with Crippen molar-refractivity contribution in [2.45, 2.75) is 18.7 Å². The molecule has 0 radical (unpaired) electrons. The second-order valence-electron chi connectivity index (χ2n) is 6.87. The first-order chi connectivity index (χ1) is 14.2. The Hall–Kier alpha value is -3.72. The van der Waals surface area contributed by atoms with Crippen molar-refractivity contribution >= 4 is 38.4 Å². The van der Waals surface area contributed by atoms with Gasteiger partial charge in [-0.05, 0) is 31.2 Å². The molecule has 2 aromatic carbocycles. The van der Waals surface area contributed by atoms with Crippen LogP contribution in [-0.2, 0) is 10.0 Å². The molecule has 8 nitrogen and oxygen atoms in total. The molecular weight excluding hydrogens is 404 g/mol. The molecule has 0 aliphatic rings. The third-order valence-electron chi connectivity index (χ3n) is 4.81. The Bertz CT molecular complexity index is 1410. The van der Waals surface area contributed by atoms with Crippen LogP contribution in [0.25, 0.3) is 10.9 Å². The first kappa shape index (κ1) is 19.6. The summed E-state index contributed by atoms with van der Waals surface area (Å²) >= 11 is 0. The summed E-state index contributed by atoms with van der Waals surface area (Å²) in [5.74, 6) is -1.25. The van der Waals surface area contributed by atoms with Gasteiger partial charge in [0.05, 0.1) is 22.2 Å². The molecule has 0 aliphatic carbocycles. The van der Waals surface area contributed by atoms with Gasteiger partial charge in [0, 0.05) is 12.3 Å². The molecule has 9 heteroatoms. The lowest BCUT2D eigenvalue weighted by Gasteiger charge is -2.12. The summed E-state index contributed by atoms with van der Waals surface area (Å²) in [5.41, 5.74) is 7.05. The number of carbonyl (C=O) groups excluding carboxylic acids is 2. The van der Waals surface area contributed by atoms with Gasteiger partial charge in [0.25, 0.3) is 10.0 Å². The van der Waals surface area contributed by atoms with Crippen LogP contribution in [0.3, 0.4) is 0 Å². The quantitative estimate of drug-likeness (QED) is 0.506. The monoisotopic (exact) mass is 422 g/mol. The van der Waals surface area contributed by atoms with Crippen LogP contribution in [0, 0.1) is 6.92 Å². The lowest BCUT2D eigenvalue weighted by molar-refractivity contribution is 0.0924. The molecule has 0 bridgehead atoms. The van der Waals surface area contributed by atoms with Crippen LogP contribution in [0.1, 0.15) is 33.3 Å². The molecule has 30 heavy (non-hydrogen) atoms. The summed E-state index contributed by atoms with van der Waals surface area (Å²) in [7, 11) is -4.08. The zero-order valence-electron chi connectivity index (χ0n) is 16.2. The lowest BCUT2D eigenvalue weighted by atomic mass is 10.1. The van der Waals surface area contributed by atoms with Crippen LogP contribution in [-0.4, -0.2) is 33.9 Å². The van der Waals surface area contributed by atoms with Gasteiger partial charge in [-0.3, -0.25) is 9.59 Å². The van der Waals surface area contributed by atoms with E-state index < -0.39 is 21.7 Å². The molecule has 0 saturated carbocycles. The molecule has 2 heterocycles. The summed E-state index contributed by atoms with van der Waals surface area (Å²) in [6.07, 6.45) is 1.17. The Kier molecular flexibility index (Phi) is 4.54. The van der Waals surface area contributed by atoms with E-state index in [4.69, 9.17) is 5.73 Å². The maximum atomic E-state index is 13.5. The number of hydrogen-bond donors (Lipinski definition) is 1. The number of nitrogen functional groups attached to an aromatic ring is 1. The summed E-state index contributed by atoms with van der Waals surface area (Å²) < 4.78 is 28.9. The molecular formula is C21H18N4O4S. The van der Waals surface area contributed by atoms with E-state index in [2.05, 4.69) is 5.10 Å². The summed E-state index contributed by atoms with van der Waals surface area (Å²) in [4.78, 5) is 25.0. The molecule has 0 amide bonds. The summed E-state index contributed by atoms with van der Waals surface area (Å²) in [6.45, 7) is 3.11. The molecule has 0 atom stereocenters. The fraction of sp³-hybridized carbons (Fsp3) is 0.0952. The van der Waals surface area contributed by atoms with E-state index >= 15 is 0 Å². The van der Waals surface area contributed by atoms with Crippen molar-refractivity contribution in [2.24, 2.45) is 0 Å². The molecule has 2 N–H and O–H groups in total. The fourth-order valence-electron chi connectivity index (χ4n) is 3.28. The number of aryl methyl sites for hydroxylation is 1. The molecule has 0 aliphatic heterocycles. The number of fused-ring (bicyclic) bond motifs is 1. The highest BCUT2D eigenvalue weighted by molar-refractivity contribution is 7.90. The lowest BCUT2D eigenvalue weighted by Crippen LogP contribution is -2.20. The molecule has 0 unspecified atom stereocenters. The van der Waals surface area contributed by atoms with Crippen LogP contribution in [0.2, 0.25) is 0 Å². The third kappa shape index (κ3) is 3.00. The molecule has 0 saturated heterocycles. The van der Waals surface area contributed by atoms with Crippen molar-refractivity contribution in [2.75, 3.05) is 5.73 Å². The van der Waals surface area contributed by atoms with E-state index in [0.717, 1.165) is 14.2 Å². The minimum atomic E-state index is -4.08. The normalized spacial score (nSPS) is 11.7. The Labute approximate surface area is 172 Å². The van der Waals surface area contributed by atoms with Crippen LogP contribution in [0.5, 0.6) is 0 Å². The predicted molar refractivity (Wildman–Crippen MR) is 112 cm³/mol. The second-order valence-corrected chi connectivity index (χ2v) is 8.66. The number of ketones is 1. The second kappa shape index (κ2) is 6.96. The number of benzene rings is 2. The number of rotatable bonds is 4. The van der Waals surface area contributed by atoms with Gasteiger partial charge < -0.3 is 5.73 Å². The van der Waals surface area contributed by atoms with Crippen molar-refractivity contribution in [3.05, 3.63) is 77.6 Å². The molecule has 0 spiro atoms. The highest BCUT2D eigenvalue weighted by Gasteiger charge is 2.29. The Morgan fingerprint density at radius 1 is 1.03 bits per heavy atom. The van der Waals surface area contributed by atoms with Crippen molar-refractivity contribution in [3.63, 3.8) is 0 Å². The third-order valence-corrected chi connectivity index (χ3v) is 6.55. The van der Waals surface area contributed by atoms with Crippen LogP contribution in [0.4, 0.5) is 5.82 Å². The van der Waals surface area contributed by atoms with Gasteiger partial charge in [-0.2, -0.15) is 9.78 Å². The SMILES string of the molecule is CC(=O)n1ncc(C(=O)c2cc3ccccc3n2S(=O)(=O)c2ccc(C)cc2)c1N. The number of para-hydroxylation sites is 1. The van der Waals surface area contributed by atoms with E-state index in [1.165, 1.54) is 31.3 Å². The molecule has 152 valence electrons. The molecule has 0 fully saturated rings. The van der Waals surface area contributed by atoms with Gasteiger partial charge in [-0.1, -0.05) is 35.9 Å². The minimum absolute atomic E-state index is 0.0478. The Balaban J connectivity index is 1.97. The van der Waals surface area contributed by atoms with E-state index in [1.54, 1.807) is 36.4 Å². The number of aromatic nitrogens is 3. The van der Waals surface area contributed by atoms with Gasteiger partial charge in [0.1, 0.15) is 11.5 Å². The van der Waals surface area contributed by atoms with E-state index in [-0.39, 0.29) is 22.0 Å². The number of nitrogens with two attached hydrogens (primary N) is 1. The van der Waals surface area contributed by atoms with E-state index in [0.29, 0.717) is 10.9 Å². The number of anilines is 1. The van der Waals surface area contributed by atoms with Crippen LogP contribution < -0.4 is 5.73 Å². The molecule has 2 aromatic heterocycles. The Morgan fingerprint density at radius 2 is 1.70 bits per heavy atom. The topological polar surface area (TPSA) is 117 Å². The van der Waals surface area contributed by atoms with Gasteiger partial charge in [-0.15, -0.1) is 0 Å². The van der Waals surface area contributed by atoms with Crippen molar-refractivity contribution in [3.8, 4) is 0 Å². The smallest absolute Gasteiger partial charge is 0.268 e. The summed E-state index contributed by atoms with van der Waals surface area (Å²) in [5, 5.41) is 4.42. The van der Waals surface area contributed by atoms with Gasteiger partial charge in [-0.25, -0.2) is 12.4 Å². The minimum Gasteiger partial charge on any atom is -0.383 e. The number of hydrogen-bond acceptors (Lipinski definition) is 6. The van der Waals surface area contributed by atoms with Crippen molar-refractivity contribution in [1.82, 2.24) is 13.8 Å². The first-order valence-corrected chi connectivity index (χ1v) is 10.5. The fourth-order valence-corrected chi connectivity index (χ4v) is 4.79. The highest BCUT2D eigenvalue weighted by Crippen LogP contribution is 2.28. The first-order valence-electron chi connectivity index (χ1n) is 9.03. The van der Waals surface area contributed by atoms with Gasteiger partial charge in [0.15, 0.2) is 0 Å². The van der Waals surface area contributed by atoms with E-state index in [9.17, 15) is 18.0 Å². The van der Waals surface area contributed by atoms with Crippen molar-refractivity contribution in [1.29, 1.82) is 0 Å². The average molecular weight is 422 g/mol. The van der Waals surface area contributed by atoms with Crippen LogP contribution in [0.15, 0.2) is 65.7 Å². The van der Waals surface area contributed by atoms with Gasteiger partial charge in [0.2, 0.25) is 11.7 Å². The molecule has 4 aromatic rings. The molecule has 4 rings (SSSR count). The number of carbonyl (C=O) groups is 2. The maximum absolute atomic E-state index is 13.5. The predicted octanol–water partition coefficient (Wildman–Crippen LogP) is 2.86. The largest absolute Gasteiger partial charge is 0.383 e. The summed E-state index contributed by atoms with van der Waals surface area (Å²) in [6, 6.07) is 14.7. The highest BCUT2D eigenvalue weighted by atomic mass is 32.2. The van der Waals surface area contributed by atoms with Gasteiger partial charge >= 0.3 is 0 Å². The average Bonchev–Trinajstić information content (AvgIpc) is 3.29. The van der Waals surface area contributed by atoms with Crippen LogP contribution >= 0.6 is 0 Å². The zero-order chi connectivity index (χ0) is 21.6.